The van der Waals surface area contributed by atoms with Gasteiger partial charge in [-0.15, -0.1) is 0 Å². The summed E-state index contributed by atoms with van der Waals surface area (Å²) in [6.45, 7) is 5.67. The molecule has 1 aliphatic carbocycles. The van der Waals surface area contributed by atoms with Crippen molar-refractivity contribution in [2.24, 2.45) is 0 Å². The van der Waals surface area contributed by atoms with Gasteiger partial charge in [0.25, 0.3) is 5.91 Å². The van der Waals surface area contributed by atoms with Gasteiger partial charge in [-0.3, -0.25) is 14.5 Å². The molecule has 1 aliphatic heterocycles. The maximum Gasteiger partial charge on any atom is 0.274 e. The van der Waals surface area contributed by atoms with Crippen LogP contribution in [0.2, 0.25) is 0 Å². The Morgan fingerprint density at radius 1 is 1.34 bits per heavy atom. The average Bonchev–Trinajstić information content (AvgIpc) is 3.13. The lowest BCUT2D eigenvalue weighted by Crippen LogP contribution is -2.40. The molecule has 7 heteroatoms. The minimum absolute atomic E-state index is 0.132. The van der Waals surface area contributed by atoms with Gasteiger partial charge in [0.2, 0.25) is 0 Å². The molecular formula is C22H31N5OS. The zero-order valence-electron chi connectivity index (χ0n) is 17.3. The predicted molar refractivity (Wildman–Crippen MR) is 118 cm³/mol. The summed E-state index contributed by atoms with van der Waals surface area (Å²) in [5.41, 5.74) is 4.43. The maximum absolute atomic E-state index is 13.2. The van der Waals surface area contributed by atoms with Gasteiger partial charge in [0.15, 0.2) is 5.69 Å². The molecule has 1 atom stereocenters. The number of carbonyl (C=O) groups is 1. The van der Waals surface area contributed by atoms with E-state index in [9.17, 15) is 4.79 Å². The fourth-order valence-electron chi connectivity index (χ4n) is 4.31. The molecular weight excluding hydrogens is 382 g/mol. The van der Waals surface area contributed by atoms with Crippen LogP contribution < -0.4 is 5.32 Å². The number of hydrogen-bond donors (Lipinski definition) is 1. The molecule has 4 rings (SSSR count). The molecule has 1 N–H and O–H groups in total. The van der Waals surface area contributed by atoms with Gasteiger partial charge < -0.3 is 10.2 Å². The standard InChI is InChI=1S/C22H31N5OS/c1-2-10-27-20-6-5-18(24-9-7-17-4-3-8-23-16-17)15-19(20)21(25-27)22(28)26-11-13-29-14-12-26/h3-4,8,16,18,24H,2,5-7,9-15H2,1H3/t18-/m0/s1. The molecule has 2 aliphatic rings. The van der Waals surface area contributed by atoms with Gasteiger partial charge in [0.05, 0.1) is 0 Å². The minimum Gasteiger partial charge on any atom is -0.336 e. The first-order valence-corrected chi connectivity index (χ1v) is 12.0. The SMILES string of the molecule is CCCn1nc(C(=O)N2CCSCC2)c2c1CC[C@H](NCCc1cccnc1)C2. The molecule has 0 saturated carbocycles. The molecule has 2 aromatic heterocycles. The Kier molecular flexibility index (Phi) is 6.87. The van der Waals surface area contributed by atoms with Crippen LogP contribution in [0.1, 0.15) is 47.1 Å². The number of thioether (sulfide) groups is 1. The molecule has 3 heterocycles. The Bertz CT molecular complexity index is 816. The van der Waals surface area contributed by atoms with E-state index >= 15 is 0 Å². The van der Waals surface area contributed by atoms with E-state index in [1.807, 2.05) is 35.1 Å². The van der Waals surface area contributed by atoms with E-state index < -0.39 is 0 Å². The minimum atomic E-state index is 0.132. The van der Waals surface area contributed by atoms with Crippen molar-refractivity contribution in [2.75, 3.05) is 31.1 Å². The largest absolute Gasteiger partial charge is 0.336 e. The molecule has 0 aromatic carbocycles. The molecule has 2 aromatic rings. The third-order valence-corrected chi connectivity index (χ3v) is 6.79. The predicted octanol–water partition coefficient (Wildman–Crippen LogP) is 2.57. The second-order valence-corrected chi connectivity index (χ2v) is 9.13. The highest BCUT2D eigenvalue weighted by Gasteiger charge is 2.31. The van der Waals surface area contributed by atoms with Gasteiger partial charge >= 0.3 is 0 Å². The smallest absolute Gasteiger partial charge is 0.274 e. The Morgan fingerprint density at radius 2 is 2.21 bits per heavy atom. The van der Waals surface area contributed by atoms with E-state index in [4.69, 9.17) is 5.10 Å². The highest BCUT2D eigenvalue weighted by Crippen LogP contribution is 2.27. The summed E-state index contributed by atoms with van der Waals surface area (Å²) < 4.78 is 2.10. The highest BCUT2D eigenvalue weighted by atomic mass is 32.2. The summed E-state index contributed by atoms with van der Waals surface area (Å²) in [5, 5.41) is 8.51. The average molecular weight is 414 g/mol. The zero-order chi connectivity index (χ0) is 20.1. The van der Waals surface area contributed by atoms with Gasteiger partial charge in [-0.2, -0.15) is 16.9 Å². The number of fused-ring (bicyclic) bond motifs is 1. The van der Waals surface area contributed by atoms with Crippen LogP contribution in [-0.4, -0.2) is 62.8 Å². The van der Waals surface area contributed by atoms with Crippen molar-refractivity contribution in [2.45, 2.75) is 51.6 Å². The van der Waals surface area contributed by atoms with Crippen LogP contribution in [0.5, 0.6) is 0 Å². The van der Waals surface area contributed by atoms with Crippen molar-refractivity contribution in [1.29, 1.82) is 0 Å². The van der Waals surface area contributed by atoms with Gasteiger partial charge in [0, 0.05) is 60.8 Å². The van der Waals surface area contributed by atoms with Crippen LogP contribution in [0, 0.1) is 0 Å². The number of aryl methyl sites for hydroxylation is 1. The first kappa shape index (κ1) is 20.4. The van der Waals surface area contributed by atoms with E-state index in [-0.39, 0.29) is 5.91 Å². The molecule has 29 heavy (non-hydrogen) atoms. The number of amides is 1. The fraction of sp³-hybridized carbons (Fsp3) is 0.591. The number of hydrogen-bond acceptors (Lipinski definition) is 5. The van der Waals surface area contributed by atoms with Gasteiger partial charge in [-0.1, -0.05) is 13.0 Å². The van der Waals surface area contributed by atoms with Crippen molar-refractivity contribution in [3.05, 3.63) is 47.0 Å². The Balaban J connectivity index is 1.45. The Labute approximate surface area is 177 Å². The molecule has 156 valence electrons. The Morgan fingerprint density at radius 3 is 2.97 bits per heavy atom. The van der Waals surface area contributed by atoms with Crippen LogP contribution in [0.3, 0.4) is 0 Å². The summed E-state index contributed by atoms with van der Waals surface area (Å²) in [6.07, 6.45) is 8.75. The lowest BCUT2D eigenvalue weighted by Gasteiger charge is -2.27. The number of aromatic nitrogens is 3. The van der Waals surface area contributed by atoms with Crippen LogP contribution in [0.25, 0.3) is 0 Å². The first-order valence-electron chi connectivity index (χ1n) is 10.8. The third kappa shape index (κ3) is 4.83. The normalized spacial score (nSPS) is 19.2. The third-order valence-electron chi connectivity index (χ3n) is 5.85. The van der Waals surface area contributed by atoms with Crippen molar-refractivity contribution in [3.8, 4) is 0 Å². The highest BCUT2D eigenvalue weighted by molar-refractivity contribution is 7.99. The molecule has 1 fully saturated rings. The molecule has 0 spiro atoms. The van der Waals surface area contributed by atoms with Crippen LogP contribution in [0.15, 0.2) is 24.5 Å². The number of carbonyl (C=O) groups excluding carboxylic acids is 1. The lowest BCUT2D eigenvalue weighted by atomic mass is 9.91. The zero-order valence-corrected chi connectivity index (χ0v) is 18.1. The number of nitrogens with zero attached hydrogens (tertiary/aromatic N) is 4. The van der Waals surface area contributed by atoms with Gasteiger partial charge in [0.1, 0.15) is 0 Å². The van der Waals surface area contributed by atoms with Gasteiger partial charge in [-0.05, 0) is 50.3 Å². The molecule has 0 bridgehead atoms. The summed E-state index contributed by atoms with van der Waals surface area (Å²) in [7, 11) is 0. The van der Waals surface area contributed by atoms with E-state index in [2.05, 4.69) is 28.0 Å². The van der Waals surface area contributed by atoms with Crippen molar-refractivity contribution < 1.29 is 4.79 Å². The van der Waals surface area contributed by atoms with Gasteiger partial charge in [-0.25, -0.2) is 0 Å². The Hall–Kier alpha value is -1.86. The van der Waals surface area contributed by atoms with E-state index in [0.29, 0.717) is 11.7 Å². The number of pyridine rings is 1. The molecule has 0 unspecified atom stereocenters. The van der Waals surface area contributed by atoms with E-state index in [0.717, 1.165) is 69.8 Å². The van der Waals surface area contributed by atoms with Crippen molar-refractivity contribution >= 4 is 17.7 Å². The summed E-state index contributed by atoms with van der Waals surface area (Å²) in [6, 6.07) is 4.51. The molecule has 1 amide bonds. The first-order chi connectivity index (χ1) is 14.3. The van der Waals surface area contributed by atoms with E-state index in [1.165, 1.54) is 16.8 Å². The fourth-order valence-corrected chi connectivity index (χ4v) is 5.22. The summed E-state index contributed by atoms with van der Waals surface area (Å²) >= 11 is 1.93. The number of nitrogens with one attached hydrogen (secondary N) is 1. The number of rotatable bonds is 7. The molecule has 6 nitrogen and oxygen atoms in total. The monoisotopic (exact) mass is 413 g/mol. The molecule has 0 radical (unpaired) electrons. The second-order valence-electron chi connectivity index (χ2n) is 7.91. The quantitative estimate of drug-likeness (QED) is 0.756. The second kappa shape index (κ2) is 9.76. The lowest BCUT2D eigenvalue weighted by molar-refractivity contribution is 0.0764. The molecule has 1 saturated heterocycles. The van der Waals surface area contributed by atoms with Crippen LogP contribution in [-0.2, 0) is 25.8 Å². The maximum atomic E-state index is 13.2. The van der Waals surface area contributed by atoms with Crippen molar-refractivity contribution in [3.63, 3.8) is 0 Å². The van der Waals surface area contributed by atoms with Crippen molar-refractivity contribution in [1.82, 2.24) is 25.0 Å². The van der Waals surface area contributed by atoms with Crippen LogP contribution >= 0.6 is 11.8 Å². The summed E-state index contributed by atoms with van der Waals surface area (Å²) in [4.78, 5) is 19.4. The van der Waals surface area contributed by atoms with Crippen LogP contribution in [0.4, 0.5) is 0 Å². The summed E-state index contributed by atoms with van der Waals surface area (Å²) in [5.74, 6) is 2.19. The van der Waals surface area contributed by atoms with E-state index in [1.54, 1.807) is 0 Å². The topological polar surface area (TPSA) is 63.1 Å².